The molecule has 1 aliphatic rings. The van der Waals surface area contributed by atoms with Crippen molar-refractivity contribution in [2.75, 3.05) is 0 Å². The number of allylic oxidation sites excluding steroid dienone is 4. The van der Waals surface area contributed by atoms with Crippen LogP contribution in [0.5, 0.6) is 11.5 Å². The Balaban J connectivity index is 2.23. The molecular formula is C25H28O6. The summed E-state index contributed by atoms with van der Waals surface area (Å²) in [5, 5.41) is 0.233. The van der Waals surface area contributed by atoms with E-state index in [1.165, 1.54) is 18.2 Å². The van der Waals surface area contributed by atoms with Gasteiger partial charge in [-0.3, -0.25) is 14.4 Å². The zero-order valence-corrected chi connectivity index (χ0v) is 18.8. The van der Waals surface area contributed by atoms with E-state index in [2.05, 4.69) is 0 Å². The van der Waals surface area contributed by atoms with E-state index < -0.39 is 22.8 Å². The van der Waals surface area contributed by atoms with Gasteiger partial charge in [0.25, 0.3) is 0 Å². The van der Waals surface area contributed by atoms with Crippen LogP contribution >= 0.6 is 0 Å². The first-order valence-electron chi connectivity index (χ1n) is 10.3. The third-order valence-electron chi connectivity index (χ3n) is 4.72. The topological polar surface area (TPSA) is 82.8 Å². The molecular weight excluding hydrogens is 396 g/mol. The van der Waals surface area contributed by atoms with Gasteiger partial charge in [-0.25, -0.2) is 0 Å². The lowest BCUT2D eigenvalue weighted by molar-refractivity contribution is -0.145. The summed E-state index contributed by atoms with van der Waals surface area (Å²) < 4.78 is 17.2. The molecule has 6 nitrogen and oxygen atoms in total. The van der Waals surface area contributed by atoms with Crippen LogP contribution < -0.4 is 14.9 Å². The lowest BCUT2D eigenvalue weighted by atomic mass is 9.97. The van der Waals surface area contributed by atoms with E-state index in [-0.39, 0.29) is 27.9 Å². The lowest BCUT2D eigenvalue weighted by Crippen LogP contribution is -2.28. The number of esters is 2. The Bertz CT molecular complexity index is 1150. The highest BCUT2D eigenvalue weighted by Crippen LogP contribution is 2.38. The van der Waals surface area contributed by atoms with E-state index >= 15 is 0 Å². The van der Waals surface area contributed by atoms with E-state index in [9.17, 15) is 14.4 Å². The van der Waals surface area contributed by atoms with Gasteiger partial charge in [0.05, 0.1) is 16.2 Å². The molecule has 1 heterocycles. The Hall–Kier alpha value is -3.15. The predicted molar refractivity (Wildman–Crippen MR) is 119 cm³/mol. The summed E-state index contributed by atoms with van der Waals surface area (Å²) in [5.41, 5.74) is -1.03. The molecule has 0 spiro atoms. The first kappa shape index (κ1) is 22.5. The van der Waals surface area contributed by atoms with E-state index in [1.807, 2.05) is 18.2 Å². The number of rotatable bonds is 3. The van der Waals surface area contributed by atoms with Crippen molar-refractivity contribution in [3.63, 3.8) is 0 Å². The van der Waals surface area contributed by atoms with Crippen molar-refractivity contribution < 1.29 is 23.5 Å². The smallest absolute Gasteiger partial charge is 0.316 e. The Morgan fingerprint density at radius 1 is 0.935 bits per heavy atom. The molecule has 0 atom stereocenters. The number of hydrogen-bond acceptors (Lipinski definition) is 6. The Morgan fingerprint density at radius 2 is 1.58 bits per heavy atom. The first-order valence-corrected chi connectivity index (χ1v) is 10.3. The number of ether oxygens (including phenoxy) is 2. The summed E-state index contributed by atoms with van der Waals surface area (Å²) in [6, 6.07) is 4.38. The molecule has 164 valence electrons. The first-order chi connectivity index (χ1) is 14.4. The average Bonchev–Trinajstić information content (AvgIpc) is 2.68. The van der Waals surface area contributed by atoms with E-state index in [1.54, 1.807) is 41.5 Å². The lowest BCUT2D eigenvalue weighted by Gasteiger charge is -2.21. The van der Waals surface area contributed by atoms with Crippen molar-refractivity contribution in [1.29, 1.82) is 0 Å². The van der Waals surface area contributed by atoms with Crippen LogP contribution in [0.3, 0.4) is 0 Å². The minimum absolute atomic E-state index is 0.0264. The van der Waals surface area contributed by atoms with Crippen LogP contribution in [0, 0.1) is 10.8 Å². The summed E-state index contributed by atoms with van der Waals surface area (Å²) in [5.74, 6) is -0.733. The van der Waals surface area contributed by atoms with Gasteiger partial charge in [-0.15, -0.1) is 0 Å². The maximum absolute atomic E-state index is 12.8. The largest absolute Gasteiger partial charge is 0.452 e. The maximum Gasteiger partial charge on any atom is 0.316 e. The molecule has 1 aromatic carbocycles. The highest BCUT2D eigenvalue weighted by molar-refractivity contribution is 5.91. The van der Waals surface area contributed by atoms with Crippen molar-refractivity contribution in [2.45, 2.75) is 54.4 Å². The Kier molecular flexibility index (Phi) is 5.94. The van der Waals surface area contributed by atoms with Gasteiger partial charge in [0.2, 0.25) is 5.75 Å². The predicted octanol–water partition coefficient (Wildman–Crippen LogP) is 5.43. The fraction of sp³-hybridized carbons (Fsp3) is 0.400. The van der Waals surface area contributed by atoms with Gasteiger partial charge in [0.15, 0.2) is 16.8 Å². The van der Waals surface area contributed by atoms with Crippen LogP contribution in [0.25, 0.3) is 16.5 Å². The molecule has 31 heavy (non-hydrogen) atoms. The third kappa shape index (κ3) is 4.95. The molecule has 2 aromatic rings. The molecule has 6 heteroatoms. The zero-order valence-electron chi connectivity index (χ0n) is 18.8. The van der Waals surface area contributed by atoms with Gasteiger partial charge in [0, 0.05) is 11.6 Å². The minimum atomic E-state index is -0.819. The fourth-order valence-electron chi connectivity index (χ4n) is 2.79. The Labute approximate surface area is 181 Å². The number of fused-ring (bicyclic) bond motifs is 1. The number of carbonyl (C=O) groups excluding carboxylic acids is 2. The minimum Gasteiger partial charge on any atom is -0.452 e. The molecule has 0 saturated heterocycles. The van der Waals surface area contributed by atoms with Crippen molar-refractivity contribution >= 4 is 28.5 Å². The second kappa shape index (κ2) is 8.17. The van der Waals surface area contributed by atoms with Gasteiger partial charge < -0.3 is 13.9 Å². The summed E-state index contributed by atoms with van der Waals surface area (Å²) in [6.07, 6.45) is 7.62. The highest BCUT2D eigenvalue weighted by atomic mass is 16.6. The molecule has 0 aliphatic heterocycles. The van der Waals surface area contributed by atoms with Crippen LogP contribution in [0.4, 0.5) is 0 Å². The molecule has 0 saturated carbocycles. The van der Waals surface area contributed by atoms with Crippen molar-refractivity contribution in [2.24, 2.45) is 10.8 Å². The summed E-state index contributed by atoms with van der Waals surface area (Å²) in [7, 11) is 0. The molecule has 0 amide bonds. The quantitative estimate of drug-likeness (QED) is 0.483. The van der Waals surface area contributed by atoms with Gasteiger partial charge in [0.1, 0.15) is 5.76 Å². The monoisotopic (exact) mass is 424 g/mol. The van der Waals surface area contributed by atoms with Crippen LogP contribution in [0.15, 0.2) is 45.6 Å². The van der Waals surface area contributed by atoms with Crippen LogP contribution in [-0.2, 0) is 9.59 Å². The van der Waals surface area contributed by atoms with Crippen LogP contribution in [0.2, 0.25) is 0 Å². The van der Waals surface area contributed by atoms with Gasteiger partial charge in [-0.2, -0.15) is 0 Å². The molecule has 0 bridgehead atoms. The Morgan fingerprint density at radius 3 is 2.16 bits per heavy atom. The molecule has 0 unspecified atom stereocenters. The number of benzene rings is 1. The van der Waals surface area contributed by atoms with Crippen molar-refractivity contribution in [3.05, 3.63) is 52.4 Å². The fourth-order valence-corrected chi connectivity index (χ4v) is 2.79. The van der Waals surface area contributed by atoms with Crippen LogP contribution in [-0.4, -0.2) is 11.9 Å². The second-order valence-corrected chi connectivity index (χ2v) is 9.66. The normalized spacial score (nSPS) is 14.3. The third-order valence-corrected chi connectivity index (χ3v) is 4.72. The highest BCUT2D eigenvalue weighted by Gasteiger charge is 2.30. The zero-order chi connectivity index (χ0) is 23.0. The molecule has 1 aromatic heterocycles. The van der Waals surface area contributed by atoms with Crippen molar-refractivity contribution in [3.8, 4) is 11.5 Å². The molecule has 0 radical (unpaired) electrons. The van der Waals surface area contributed by atoms with Gasteiger partial charge in [-0.05, 0) is 66.5 Å². The summed E-state index contributed by atoms with van der Waals surface area (Å²) in [6.45, 7) is 10.3. The van der Waals surface area contributed by atoms with E-state index in [4.69, 9.17) is 13.9 Å². The van der Waals surface area contributed by atoms with Gasteiger partial charge in [-0.1, -0.05) is 18.2 Å². The number of carbonyl (C=O) groups is 2. The standard InChI is InChI=1S/C25H28O6/c1-24(2,3)22(27)30-18-13-12-16-17(26)14-19(15-10-8-7-9-11-15)29-20(16)21(18)31-23(28)25(4,5)6/h8,10-14H,7,9H2,1-6H3. The molecule has 3 rings (SSSR count). The summed E-state index contributed by atoms with van der Waals surface area (Å²) in [4.78, 5) is 38.0. The summed E-state index contributed by atoms with van der Waals surface area (Å²) >= 11 is 0. The average molecular weight is 424 g/mol. The molecule has 0 fully saturated rings. The van der Waals surface area contributed by atoms with Crippen LogP contribution in [0.1, 0.15) is 60.1 Å². The SMILES string of the molecule is CC(C)(C)C(=O)Oc1ccc2c(=O)cc(C3=CCCC=C3)oc2c1OC(=O)C(C)(C)C. The maximum atomic E-state index is 12.8. The van der Waals surface area contributed by atoms with Gasteiger partial charge >= 0.3 is 11.9 Å². The van der Waals surface area contributed by atoms with Crippen molar-refractivity contribution in [1.82, 2.24) is 0 Å². The number of hydrogen-bond donors (Lipinski definition) is 0. The molecule has 1 aliphatic carbocycles. The molecule has 0 N–H and O–H groups in total. The van der Waals surface area contributed by atoms with E-state index in [0.29, 0.717) is 5.76 Å². The second-order valence-electron chi connectivity index (χ2n) is 9.66. The van der Waals surface area contributed by atoms with E-state index in [0.717, 1.165) is 18.4 Å².